The molecule has 7 heteroatoms. The van der Waals surface area contributed by atoms with Crippen LogP contribution in [0.1, 0.15) is 13.3 Å². The molecular weight excluding hydrogens is 278 g/mol. The molecule has 16 heavy (non-hydrogen) atoms. The quantitative estimate of drug-likeness (QED) is 0.639. The molecule has 1 atom stereocenters. The van der Waals surface area contributed by atoms with Gasteiger partial charge in [-0.25, -0.2) is 4.98 Å². The van der Waals surface area contributed by atoms with Crippen molar-refractivity contribution >= 4 is 27.4 Å². The van der Waals surface area contributed by atoms with Crippen LogP contribution in [0.3, 0.4) is 0 Å². The predicted molar refractivity (Wildman–Crippen MR) is 63.4 cm³/mol. The molecule has 0 aliphatic carbocycles. The summed E-state index contributed by atoms with van der Waals surface area (Å²) in [6, 6.07) is 1.37. The Bertz CT molecular complexity index is 386. The molecule has 0 fully saturated rings. The van der Waals surface area contributed by atoms with Crippen molar-refractivity contribution in [3.63, 3.8) is 0 Å². The van der Waals surface area contributed by atoms with E-state index in [0.717, 1.165) is 0 Å². The fourth-order valence-corrected chi connectivity index (χ4v) is 1.38. The Morgan fingerprint density at radius 2 is 2.44 bits per heavy atom. The molecule has 6 nitrogen and oxygen atoms in total. The number of aliphatic hydroxyl groups excluding tert-OH is 1. The number of aliphatic hydroxyl groups is 1. The van der Waals surface area contributed by atoms with Gasteiger partial charge in [-0.05, 0) is 22.4 Å². The molecule has 1 unspecified atom stereocenters. The number of hydrogen-bond acceptors (Lipinski definition) is 5. The van der Waals surface area contributed by atoms with E-state index < -0.39 is 11.0 Å². The molecule has 0 aromatic carbocycles. The van der Waals surface area contributed by atoms with Crippen molar-refractivity contribution in [3.05, 3.63) is 26.9 Å². The molecule has 88 valence electrons. The third-order valence-electron chi connectivity index (χ3n) is 2.01. The largest absolute Gasteiger partial charge is 0.391 e. The summed E-state index contributed by atoms with van der Waals surface area (Å²) in [5.41, 5.74) is -0.113. The highest BCUT2D eigenvalue weighted by molar-refractivity contribution is 9.10. The van der Waals surface area contributed by atoms with Gasteiger partial charge in [-0.3, -0.25) is 10.1 Å². The molecule has 0 spiro atoms. The minimum absolute atomic E-state index is 0.113. The van der Waals surface area contributed by atoms with Gasteiger partial charge in [0.25, 0.3) is 0 Å². The molecule has 0 aliphatic rings. The summed E-state index contributed by atoms with van der Waals surface area (Å²) >= 11 is 3.11. The van der Waals surface area contributed by atoms with Crippen LogP contribution < -0.4 is 5.32 Å². The van der Waals surface area contributed by atoms with Crippen molar-refractivity contribution in [3.8, 4) is 0 Å². The van der Waals surface area contributed by atoms with Crippen LogP contribution in [0, 0.1) is 10.1 Å². The van der Waals surface area contributed by atoms with Crippen LogP contribution in [0.15, 0.2) is 16.7 Å². The molecule has 0 radical (unpaired) electrons. The SMILES string of the molecule is CCC(O)CNc1ncc(Br)cc1[N+](=O)[O-]. The Morgan fingerprint density at radius 1 is 1.75 bits per heavy atom. The Labute approximate surface area is 101 Å². The Morgan fingerprint density at radius 3 is 3.00 bits per heavy atom. The number of nitro groups is 1. The van der Waals surface area contributed by atoms with E-state index in [0.29, 0.717) is 10.9 Å². The third kappa shape index (κ3) is 3.42. The summed E-state index contributed by atoms with van der Waals surface area (Å²) in [5.74, 6) is 0.167. The van der Waals surface area contributed by atoms with Crippen molar-refractivity contribution in [2.24, 2.45) is 0 Å². The van der Waals surface area contributed by atoms with Crippen LogP contribution in [0.2, 0.25) is 0 Å². The van der Waals surface area contributed by atoms with E-state index in [1.54, 1.807) is 0 Å². The monoisotopic (exact) mass is 289 g/mol. The van der Waals surface area contributed by atoms with Crippen LogP contribution in [0.5, 0.6) is 0 Å². The van der Waals surface area contributed by atoms with Gasteiger partial charge in [-0.2, -0.15) is 0 Å². The number of rotatable bonds is 5. The summed E-state index contributed by atoms with van der Waals surface area (Å²) < 4.78 is 0.542. The molecule has 0 aliphatic heterocycles. The van der Waals surface area contributed by atoms with Gasteiger partial charge in [0.2, 0.25) is 5.82 Å². The average Bonchev–Trinajstić information content (AvgIpc) is 2.26. The van der Waals surface area contributed by atoms with Crippen LogP contribution in [0.25, 0.3) is 0 Å². The number of hydrogen-bond donors (Lipinski definition) is 2. The molecule has 0 saturated heterocycles. The lowest BCUT2D eigenvalue weighted by Gasteiger charge is -2.09. The van der Waals surface area contributed by atoms with E-state index in [1.165, 1.54) is 12.3 Å². The highest BCUT2D eigenvalue weighted by Gasteiger charge is 2.16. The van der Waals surface area contributed by atoms with E-state index in [9.17, 15) is 15.2 Å². The summed E-state index contributed by atoms with van der Waals surface area (Å²) in [4.78, 5) is 14.1. The first-order valence-electron chi connectivity index (χ1n) is 4.76. The molecule has 1 aromatic heterocycles. The lowest BCUT2D eigenvalue weighted by Crippen LogP contribution is -2.19. The fraction of sp³-hybridized carbons (Fsp3) is 0.444. The van der Waals surface area contributed by atoms with Crippen LogP contribution in [-0.2, 0) is 0 Å². The van der Waals surface area contributed by atoms with Gasteiger partial charge < -0.3 is 10.4 Å². The second-order valence-electron chi connectivity index (χ2n) is 3.22. The Kier molecular flexibility index (Phi) is 4.63. The smallest absolute Gasteiger partial charge is 0.312 e. The Balaban J connectivity index is 2.82. The summed E-state index contributed by atoms with van der Waals surface area (Å²) in [6.45, 7) is 2.07. The standard InChI is InChI=1S/C9H12BrN3O3/c1-2-7(14)5-12-9-8(13(15)16)3-6(10)4-11-9/h3-4,7,14H,2,5H2,1H3,(H,11,12). The van der Waals surface area contributed by atoms with Gasteiger partial charge in [0.1, 0.15) is 0 Å². The number of nitrogens with one attached hydrogen (secondary N) is 1. The maximum absolute atomic E-state index is 10.7. The van der Waals surface area contributed by atoms with Gasteiger partial charge in [0.05, 0.1) is 11.0 Å². The van der Waals surface area contributed by atoms with Gasteiger partial charge in [-0.1, -0.05) is 6.92 Å². The first-order chi connectivity index (χ1) is 7.54. The molecular formula is C9H12BrN3O3. The number of halogens is 1. The lowest BCUT2D eigenvalue weighted by atomic mass is 10.3. The topological polar surface area (TPSA) is 88.3 Å². The second kappa shape index (κ2) is 5.76. The van der Waals surface area contributed by atoms with E-state index in [1.807, 2.05) is 6.92 Å². The van der Waals surface area contributed by atoms with Gasteiger partial charge in [0.15, 0.2) is 0 Å². The zero-order valence-corrected chi connectivity index (χ0v) is 10.3. The van der Waals surface area contributed by atoms with E-state index in [2.05, 4.69) is 26.2 Å². The van der Waals surface area contributed by atoms with Gasteiger partial charge in [0, 0.05) is 23.3 Å². The van der Waals surface area contributed by atoms with Crippen LogP contribution in [0.4, 0.5) is 11.5 Å². The van der Waals surface area contributed by atoms with Gasteiger partial charge in [-0.15, -0.1) is 0 Å². The average molecular weight is 290 g/mol. The number of anilines is 1. The number of nitrogens with zero attached hydrogens (tertiary/aromatic N) is 2. The van der Waals surface area contributed by atoms with Crippen molar-refractivity contribution in [1.82, 2.24) is 4.98 Å². The molecule has 1 rings (SSSR count). The molecule has 2 N–H and O–H groups in total. The summed E-state index contributed by atoms with van der Waals surface area (Å²) in [7, 11) is 0. The minimum atomic E-state index is -0.537. The van der Waals surface area contributed by atoms with Crippen molar-refractivity contribution in [1.29, 1.82) is 0 Å². The van der Waals surface area contributed by atoms with Crippen LogP contribution >= 0.6 is 15.9 Å². The first-order valence-corrected chi connectivity index (χ1v) is 5.55. The summed E-state index contributed by atoms with van der Waals surface area (Å²) in [6.07, 6.45) is 1.51. The number of pyridine rings is 1. The van der Waals surface area contributed by atoms with E-state index in [4.69, 9.17) is 0 Å². The van der Waals surface area contributed by atoms with E-state index in [-0.39, 0.29) is 18.1 Å². The normalized spacial score (nSPS) is 12.2. The predicted octanol–water partition coefficient (Wildman–Crippen LogP) is 1.94. The molecule has 1 heterocycles. The molecule has 0 amide bonds. The van der Waals surface area contributed by atoms with Crippen molar-refractivity contribution in [2.45, 2.75) is 19.4 Å². The third-order valence-corrected chi connectivity index (χ3v) is 2.44. The van der Waals surface area contributed by atoms with E-state index >= 15 is 0 Å². The molecule has 0 bridgehead atoms. The zero-order chi connectivity index (χ0) is 12.1. The van der Waals surface area contributed by atoms with Crippen molar-refractivity contribution in [2.75, 3.05) is 11.9 Å². The minimum Gasteiger partial charge on any atom is -0.391 e. The number of aromatic nitrogens is 1. The highest BCUT2D eigenvalue weighted by atomic mass is 79.9. The maximum atomic E-state index is 10.7. The molecule has 0 saturated carbocycles. The highest BCUT2D eigenvalue weighted by Crippen LogP contribution is 2.25. The van der Waals surface area contributed by atoms with Gasteiger partial charge >= 0.3 is 5.69 Å². The first kappa shape index (κ1) is 12.9. The zero-order valence-electron chi connectivity index (χ0n) is 8.68. The lowest BCUT2D eigenvalue weighted by molar-refractivity contribution is -0.384. The molecule has 1 aromatic rings. The maximum Gasteiger partial charge on any atom is 0.312 e. The summed E-state index contributed by atoms with van der Waals surface area (Å²) in [5, 5.41) is 22.8. The van der Waals surface area contributed by atoms with Crippen molar-refractivity contribution < 1.29 is 10.0 Å². The van der Waals surface area contributed by atoms with Crippen LogP contribution in [-0.4, -0.2) is 27.7 Å². The second-order valence-corrected chi connectivity index (χ2v) is 4.14. The fourth-order valence-electron chi connectivity index (χ4n) is 1.06. The Hall–Kier alpha value is -1.21.